The summed E-state index contributed by atoms with van der Waals surface area (Å²) in [6.07, 6.45) is 4.51. The topological polar surface area (TPSA) is 57.6 Å². The lowest BCUT2D eigenvalue weighted by Gasteiger charge is -2.26. The molecule has 0 radical (unpaired) electrons. The molecule has 102 valence electrons. The molecule has 1 aliphatic heterocycles. The molecule has 0 aromatic rings. The molecule has 1 N–H and O–H groups in total. The lowest BCUT2D eigenvalue weighted by molar-refractivity contribution is -0.149. The molecule has 2 aliphatic rings. The van der Waals surface area contributed by atoms with Crippen LogP contribution >= 0.6 is 0 Å². The van der Waals surface area contributed by atoms with Crippen LogP contribution in [0.4, 0.5) is 0 Å². The van der Waals surface area contributed by atoms with Gasteiger partial charge in [0.05, 0.1) is 11.8 Å². The van der Waals surface area contributed by atoms with Crippen molar-refractivity contribution in [1.82, 2.24) is 4.90 Å². The zero-order valence-electron chi connectivity index (χ0n) is 11.3. The zero-order valence-corrected chi connectivity index (χ0v) is 11.3. The molecule has 4 nitrogen and oxygen atoms in total. The van der Waals surface area contributed by atoms with E-state index in [2.05, 4.69) is 13.8 Å². The van der Waals surface area contributed by atoms with Crippen molar-refractivity contribution in [2.45, 2.75) is 52.0 Å². The molecule has 2 fully saturated rings. The fourth-order valence-corrected chi connectivity index (χ4v) is 3.50. The number of amides is 1. The van der Waals surface area contributed by atoms with Crippen molar-refractivity contribution in [3.63, 3.8) is 0 Å². The van der Waals surface area contributed by atoms with Crippen molar-refractivity contribution < 1.29 is 14.7 Å². The van der Waals surface area contributed by atoms with Gasteiger partial charge in [0.15, 0.2) is 0 Å². The van der Waals surface area contributed by atoms with Gasteiger partial charge < -0.3 is 10.0 Å². The van der Waals surface area contributed by atoms with Crippen molar-refractivity contribution in [2.24, 2.45) is 17.8 Å². The molecule has 0 bridgehead atoms. The number of carboxylic acid groups (broad SMARTS) is 1. The minimum absolute atomic E-state index is 0.0864. The standard InChI is InChI=1S/C14H23NO3/c1-3-10-7-11(12(8-10)14(17)18)13(16)15-6-4-5-9(15)2/h9-12H,3-8H2,1-2H3,(H,17,18). The maximum Gasteiger partial charge on any atom is 0.307 e. The van der Waals surface area contributed by atoms with E-state index in [0.717, 1.165) is 32.2 Å². The van der Waals surface area contributed by atoms with Gasteiger partial charge in [0.1, 0.15) is 0 Å². The summed E-state index contributed by atoms with van der Waals surface area (Å²) in [5, 5.41) is 9.28. The van der Waals surface area contributed by atoms with Gasteiger partial charge in [0, 0.05) is 12.6 Å². The predicted octanol–water partition coefficient (Wildman–Crippen LogP) is 2.13. The second-order valence-electron chi connectivity index (χ2n) is 5.82. The third-order valence-corrected chi connectivity index (χ3v) is 4.71. The lowest BCUT2D eigenvalue weighted by atomic mass is 9.94. The number of carbonyl (C=O) groups excluding carboxylic acids is 1. The molecular weight excluding hydrogens is 230 g/mol. The van der Waals surface area contributed by atoms with Crippen LogP contribution in [-0.4, -0.2) is 34.5 Å². The Morgan fingerprint density at radius 2 is 1.94 bits per heavy atom. The molecule has 18 heavy (non-hydrogen) atoms. The number of likely N-dealkylation sites (tertiary alicyclic amines) is 1. The van der Waals surface area contributed by atoms with Gasteiger partial charge in [0.25, 0.3) is 0 Å². The maximum absolute atomic E-state index is 12.5. The average molecular weight is 253 g/mol. The van der Waals surface area contributed by atoms with E-state index in [-0.39, 0.29) is 17.9 Å². The first-order valence-electron chi connectivity index (χ1n) is 7.07. The van der Waals surface area contributed by atoms with Crippen LogP contribution in [-0.2, 0) is 9.59 Å². The molecule has 1 aliphatic carbocycles. The Morgan fingerprint density at radius 1 is 1.28 bits per heavy atom. The average Bonchev–Trinajstić information content (AvgIpc) is 2.93. The van der Waals surface area contributed by atoms with Gasteiger partial charge in [-0.1, -0.05) is 13.3 Å². The summed E-state index contributed by atoms with van der Waals surface area (Å²) in [7, 11) is 0. The van der Waals surface area contributed by atoms with Crippen LogP contribution in [0.25, 0.3) is 0 Å². The molecule has 1 heterocycles. The zero-order chi connectivity index (χ0) is 13.3. The Balaban J connectivity index is 2.10. The van der Waals surface area contributed by atoms with E-state index in [1.807, 2.05) is 4.90 Å². The molecule has 0 aromatic carbocycles. The van der Waals surface area contributed by atoms with Gasteiger partial charge in [-0.25, -0.2) is 0 Å². The molecule has 4 unspecified atom stereocenters. The normalized spacial score (nSPS) is 36.0. The van der Waals surface area contributed by atoms with E-state index in [4.69, 9.17) is 0 Å². The summed E-state index contributed by atoms with van der Waals surface area (Å²) in [5.74, 6) is -1.05. The SMILES string of the molecule is CCC1CC(C(=O)O)C(C(=O)N2CCCC2C)C1. The highest BCUT2D eigenvalue weighted by Gasteiger charge is 2.44. The van der Waals surface area contributed by atoms with Gasteiger partial charge in [0.2, 0.25) is 5.91 Å². The molecule has 1 saturated carbocycles. The minimum Gasteiger partial charge on any atom is -0.481 e. The number of nitrogens with zero attached hydrogens (tertiary/aromatic N) is 1. The first-order chi connectivity index (χ1) is 8.54. The number of aliphatic carboxylic acids is 1. The van der Waals surface area contributed by atoms with E-state index < -0.39 is 11.9 Å². The summed E-state index contributed by atoms with van der Waals surface area (Å²) in [6, 6.07) is 0.285. The Hall–Kier alpha value is -1.06. The molecule has 2 rings (SSSR count). The van der Waals surface area contributed by atoms with Crippen LogP contribution in [0.3, 0.4) is 0 Å². The van der Waals surface area contributed by atoms with E-state index >= 15 is 0 Å². The van der Waals surface area contributed by atoms with Gasteiger partial charge in [-0.2, -0.15) is 0 Å². The smallest absolute Gasteiger partial charge is 0.307 e. The number of hydrogen-bond donors (Lipinski definition) is 1. The van der Waals surface area contributed by atoms with E-state index in [1.54, 1.807) is 0 Å². The third-order valence-electron chi connectivity index (χ3n) is 4.71. The number of carbonyl (C=O) groups is 2. The van der Waals surface area contributed by atoms with E-state index in [1.165, 1.54) is 0 Å². The summed E-state index contributed by atoms with van der Waals surface area (Å²) >= 11 is 0. The van der Waals surface area contributed by atoms with Crippen LogP contribution < -0.4 is 0 Å². The Morgan fingerprint density at radius 3 is 2.44 bits per heavy atom. The van der Waals surface area contributed by atoms with Gasteiger partial charge in [-0.05, 0) is 38.5 Å². The van der Waals surface area contributed by atoms with Crippen LogP contribution in [0.1, 0.15) is 46.0 Å². The lowest BCUT2D eigenvalue weighted by Crippen LogP contribution is -2.40. The number of carboxylic acids is 1. The molecular formula is C14H23NO3. The monoisotopic (exact) mass is 253 g/mol. The third kappa shape index (κ3) is 2.38. The fourth-order valence-electron chi connectivity index (χ4n) is 3.50. The predicted molar refractivity (Wildman–Crippen MR) is 68.0 cm³/mol. The summed E-state index contributed by atoms with van der Waals surface area (Å²) in [6.45, 7) is 4.95. The fraction of sp³-hybridized carbons (Fsp3) is 0.857. The summed E-state index contributed by atoms with van der Waals surface area (Å²) in [4.78, 5) is 25.7. The summed E-state index contributed by atoms with van der Waals surface area (Å²) < 4.78 is 0. The Bertz CT molecular complexity index is 342. The summed E-state index contributed by atoms with van der Waals surface area (Å²) in [5.41, 5.74) is 0. The van der Waals surface area contributed by atoms with E-state index in [9.17, 15) is 14.7 Å². The molecule has 0 aromatic heterocycles. The maximum atomic E-state index is 12.5. The van der Waals surface area contributed by atoms with Crippen molar-refractivity contribution in [3.05, 3.63) is 0 Å². The number of rotatable bonds is 3. The first kappa shape index (κ1) is 13.4. The Labute approximate surface area is 108 Å². The van der Waals surface area contributed by atoms with Gasteiger partial charge >= 0.3 is 5.97 Å². The first-order valence-corrected chi connectivity index (χ1v) is 7.07. The van der Waals surface area contributed by atoms with Gasteiger partial charge in [-0.15, -0.1) is 0 Å². The van der Waals surface area contributed by atoms with E-state index in [0.29, 0.717) is 12.3 Å². The number of hydrogen-bond acceptors (Lipinski definition) is 2. The van der Waals surface area contributed by atoms with Crippen molar-refractivity contribution in [1.29, 1.82) is 0 Å². The van der Waals surface area contributed by atoms with Crippen molar-refractivity contribution in [2.75, 3.05) is 6.54 Å². The highest BCUT2D eigenvalue weighted by atomic mass is 16.4. The largest absolute Gasteiger partial charge is 0.481 e. The second-order valence-corrected chi connectivity index (χ2v) is 5.82. The minimum atomic E-state index is -0.795. The van der Waals surface area contributed by atoms with Gasteiger partial charge in [-0.3, -0.25) is 9.59 Å². The highest BCUT2D eigenvalue weighted by molar-refractivity contribution is 5.85. The molecule has 4 heteroatoms. The quantitative estimate of drug-likeness (QED) is 0.838. The van der Waals surface area contributed by atoms with Crippen molar-refractivity contribution >= 4 is 11.9 Å². The second kappa shape index (κ2) is 5.29. The Kier molecular flexibility index (Phi) is 3.93. The molecule has 1 saturated heterocycles. The van der Waals surface area contributed by atoms with Crippen LogP contribution in [0, 0.1) is 17.8 Å². The van der Waals surface area contributed by atoms with Crippen molar-refractivity contribution in [3.8, 4) is 0 Å². The van der Waals surface area contributed by atoms with Crippen LogP contribution in [0.5, 0.6) is 0 Å². The highest BCUT2D eigenvalue weighted by Crippen LogP contribution is 2.40. The molecule has 4 atom stereocenters. The van der Waals surface area contributed by atoms with Crippen LogP contribution in [0.2, 0.25) is 0 Å². The van der Waals surface area contributed by atoms with Crippen LogP contribution in [0.15, 0.2) is 0 Å². The molecule has 0 spiro atoms. The molecule has 1 amide bonds.